The first-order chi connectivity index (χ1) is 15.5. The zero-order valence-corrected chi connectivity index (χ0v) is 18.6. The number of thiol groups is 1. The molecular weight excluding hydrogens is 460 g/mol. The van der Waals surface area contributed by atoms with Crippen LogP contribution in [0, 0.1) is 0 Å². The summed E-state index contributed by atoms with van der Waals surface area (Å²) in [7, 11) is 0. The zero-order valence-electron chi connectivity index (χ0n) is 17.7. The van der Waals surface area contributed by atoms with Gasteiger partial charge in [0.25, 0.3) is 0 Å². The molecule has 1 heterocycles. The summed E-state index contributed by atoms with van der Waals surface area (Å²) in [5.41, 5.74) is 6.43. The zero-order chi connectivity index (χ0) is 25.1. The number of carboxylic acid groups (broad SMARTS) is 2. The van der Waals surface area contributed by atoms with Crippen LogP contribution in [0.25, 0.3) is 0 Å². The third-order valence-electron chi connectivity index (χ3n) is 4.47. The predicted molar refractivity (Wildman–Crippen MR) is 116 cm³/mol. The summed E-state index contributed by atoms with van der Waals surface area (Å²) < 4.78 is 0. The first kappa shape index (κ1) is 27.9. The molecule has 1 rings (SSSR count). The van der Waals surface area contributed by atoms with E-state index in [0.29, 0.717) is 5.69 Å². The number of aliphatic hydroxyl groups is 1. The van der Waals surface area contributed by atoms with Gasteiger partial charge >= 0.3 is 11.9 Å². The molecule has 0 bridgehead atoms. The molecule has 0 saturated carbocycles. The summed E-state index contributed by atoms with van der Waals surface area (Å²) in [6, 6.07) is -5.36. The lowest BCUT2D eigenvalue weighted by atomic mass is 10.1. The molecule has 5 unspecified atom stereocenters. The van der Waals surface area contributed by atoms with Crippen LogP contribution in [0.15, 0.2) is 12.5 Å². The van der Waals surface area contributed by atoms with Gasteiger partial charge in [-0.15, -0.1) is 0 Å². The van der Waals surface area contributed by atoms with Crippen LogP contribution >= 0.6 is 12.6 Å². The molecule has 0 saturated heterocycles. The van der Waals surface area contributed by atoms with Crippen molar-refractivity contribution in [2.24, 2.45) is 5.73 Å². The second kappa shape index (κ2) is 13.4. The van der Waals surface area contributed by atoms with E-state index in [-0.39, 0.29) is 12.2 Å². The molecule has 3 amide bonds. The minimum Gasteiger partial charge on any atom is -0.481 e. The summed E-state index contributed by atoms with van der Waals surface area (Å²) in [4.78, 5) is 65.9. The average Bonchev–Trinajstić information content (AvgIpc) is 3.24. The number of nitrogens with two attached hydrogens (primary N) is 1. The lowest BCUT2D eigenvalue weighted by Gasteiger charge is -2.26. The van der Waals surface area contributed by atoms with Gasteiger partial charge in [-0.2, -0.15) is 12.6 Å². The number of aromatic amines is 1. The van der Waals surface area contributed by atoms with E-state index in [1.54, 1.807) is 0 Å². The maximum Gasteiger partial charge on any atom is 0.326 e. The minimum absolute atomic E-state index is 0.123. The Morgan fingerprint density at radius 3 is 2.21 bits per heavy atom. The van der Waals surface area contributed by atoms with Crippen molar-refractivity contribution in [3.05, 3.63) is 18.2 Å². The van der Waals surface area contributed by atoms with Crippen molar-refractivity contribution < 1.29 is 39.3 Å². The SMILES string of the molecule is CC(O)C(NC(=O)C(CS)NC(=O)C(N)Cc1cnc[nH]1)C(=O)NC(CCC(=O)O)C(=O)O. The Bertz CT molecular complexity index is 834. The van der Waals surface area contributed by atoms with Gasteiger partial charge in [0.05, 0.1) is 18.5 Å². The van der Waals surface area contributed by atoms with Gasteiger partial charge in [-0.3, -0.25) is 19.2 Å². The van der Waals surface area contributed by atoms with Gasteiger partial charge < -0.3 is 42.0 Å². The third kappa shape index (κ3) is 9.46. The Hall–Kier alpha value is -3.17. The fraction of sp³-hybridized carbons (Fsp3) is 0.556. The fourth-order valence-corrected chi connectivity index (χ4v) is 2.90. The summed E-state index contributed by atoms with van der Waals surface area (Å²) in [5, 5.41) is 34.5. The van der Waals surface area contributed by atoms with E-state index in [2.05, 4.69) is 38.5 Å². The number of imidazole rings is 1. The summed E-state index contributed by atoms with van der Waals surface area (Å²) in [5.74, 6) is -5.49. The van der Waals surface area contributed by atoms with Crippen molar-refractivity contribution in [1.29, 1.82) is 0 Å². The summed E-state index contributed by atoms with van der Waals surface area (Å²) >= 11 is 4.01. The van der Waals surface area contributed by atoms with Crippen LogP contribution in [-0.2, 0) is 30.4 Å². The molecule has 9 N–H and O–H groups in total. The van der Waals surface area contributed by atoms with Crippen LogP contribution < -0.4 is 21.7 Å². The molecule has 184 valence electrons. The topological polar surface area (TPSA) is 237 Å². The molecule has 1 aromatic rings. The molecule has 33 heavy (non-hydrogen) atoms. The van der Waals surface area contributed by atoms with E-state index < -0.39 is 72.8 Å². The smallest absolute Gasteiger partial charge is 0.326 e. The Kier molecular flexibility index (Phi) is 11.3. The lowest BCUT2D eigenvalue weighted by molar-refractivity contribution is -0.144. The molecule has 1 aromatic heterocycles. The van der Waals surface area contributed by atoms with Crippen LogP contribution in [0.3, 0.4) is 0 Å². The molecule has 0 radical (unpaired) electrons. The maximum atomic E-state index is 12.6. The van der Waals surface area contributed by atoms with Crippen LogP contribution in [0.2, 0.25) is 0 Å². The lowest BCUT2D eigenvalue weighted by Crippen LogP contribution is -2.60. The molecule has 14 nitrogen and oxygen atoms in total. The monoisotopic (exact) mass is 488 g/mol. The van der Waals surface area contributed by atoms with E-state index in [9.17, 15) is 34.2 Å². The third-order valence-corrected chi connectivity index (χ3v) is 4.84. The highest BCUT2D eigenvalue weighted by Gasteiger charge is 2.32. The molecule has 0 spiro atoms. The Morgan fingerprint density at radius 2 is 1.73 bits per heavy atom. The van der Waals surface area contributed by atoms with Gasteiger partial charge in [-0.05, 0) is 13.3 Å². The first-order valence-electron chi connectivity index (χ1n) is 9.83. The summed E-state index contributed by atoms with van der Waals surface area (Å²) in [6.45, 7) is 1.19. The molecule has 0 fully saturated rings. The largest absolute Gasteiger partial charge is 0.481 e. The van der Waals surface area contributed by atoms with Crippen LogP contribution in [0.4, 0.5) is 0 Å². The number of rotatable bonds is 14. The second-order valence-electron chi connectivity index (χ2n) is 7.19. The highest BCUT2D eigenvalue weighted by Crippen LogP contribution is 2.03. The second-order valence-corrected chi connectivity index (χ2v) is 7.56. The Morgan fingerprint density at radius 1 is 1.09 bits per heavy atom. The van der Waals surface area contributed by atoms with Gasteiger partial charge in [0.15, 0.2) is 0 Å². The van der Waals surface area contributed by atoms with Gasteiger partial charge in [0.2, 0.25) is 17.7 Å². The van der Waals surface area contributed by atoms with Gasteiger partial charge in [-0.1, -0.05) is 0 Å². The molecule has 0 aromatic carbocycles. The Balaban J connectivity index is 2.77. The van der Waals surface area contributed by atoms with E-state index in [1.807, 2.05) is 0 Å². The molecular formula is C18H28N6O8S. The van der Waals surface area contributed by atoms with Crippen molar-refractivity contribution in [2.75, 3.05) is 5.75 Å². The molecule has 0 aliphatic heterocycles. The van der Waals surface area contributed by atoms with Crippen molar-refractivity contribution in [3.63, 3.8) is 0 Å². The number of amides is 3. The molecule has 0 aliphatic rings. The summed E-state index contributed by atoms with van der Waals surface area (Å²) in [6.07, 6.45) is 0.667. The number of aromatic nitrogens is 2. The minimum atomic E-state index is -1.58. The van der Waals surface area contributed by atoms with Crippen LogP contribution in [-0.4, -0.2) is 91.0 Å². The first-order valence-corrected chi connectivity index (χ1v) is 10.5. The highest BCUT2D eigenvalue weighted by atomic mass is 32.1. The van der Waals surface area contributed by atoms with Crippen molar-refractivity contribution in [3.8, 4) is 0 Å². The standard InChI is InChI=1S/C18H28N6O8S/c1-8(25)14(17(30)22-11(18(31)32)2-3-13(26)27)24-16(29)12(6-33)23-15(28)10(19)4-9-5-20-7-21-9/h5,7-8,10-12,14,25,33H,2-4,6,19H2,1H3,(H,20,21)(H,22,30)(H,23,28)(H,24,29)(H,26,27)(H,31,32). The van der Waals surface area contributed by atoms with Crippen molar-refractivity contribution in [1.82, 2.24) is 25.9 Å². The van der Waals surface area contributed by atoms with Crippen molar-refractivity contribution >= 4 is 42.3 Å². The molecule has 5 atom stereocenters. The van der Waals surface area contributed by atoms with Gasteiger partial charge in [-0.25, -0.2) is 9.78 Å². The number of hydrogen-bond donors (Lipinski definition) is 9. The normalized spacial score (nSPS) is 15.4. The number of aliphatic carboxylic acids is 2. The van der Waals surface area contributed by atoms with Crippen molar-refractivity contribution in [2.45, 2.75) is 56.5 Å². The Labute approximate surface area is 194 Å². The van der Waals surface area contributed by atoms with Gasteiger partial charge in [0, 0.05) is 30.5 Å². The van der Waals surface area contributed by atoms with E-state index in [1.165, 1.54) is 19.4 Å². The van der Waals surface area contributed by atoms with Crippen LogP contribution in [0.1, 0.15) is 25.5 Å². The number of carbonyl (C=O) groups is 5. The predicted octanol–water partition coefficient (Wildman–Crippen LogP) is -3.01. The highest BCUT2D eigenvalue weighted by molar-refractivity contribution is 7.80. The van der Waals surface area contributed by atoms with E-state index in [0.717, 1.165) is 0 Å². The average molecular weight is 489 g/mol. The number of carboxylic acids is 2. The van der Waals surface area contributed by atoms with Crippen LogP contribution in [0.5, 0.6) is 0 Å². The fourth-order valence-electron chi connectivity index (χ4n) is 2.64. The number of H-pyrrole nitrogens is 1. The number of aliphatic hydroxyl groups excluding tert-OH is 1. The maximum absolute atomic E-state index is 12.6. The number of hydrogen-bond acceptors (Lipinski definition) is 9. The molecule has 0 aliphatic carbocycles. The molecule has 15 heteroatoms. The number of carbonyl (C=O) groups excluding carboxylic acids is 3. The quantitative estimate of drug-likeness (QED) is 0.120. The van der Waals surface area contributed by atoms with E-state index in [4.69, 9.17) is 10.8 Å². The number of nitrogens with zero attached hydrogens (tertiary/aromatic N) is 1. The van der Waals surface area contributed by atoms with Gasteiger partial charge in [0.1, 0.15) is 18.1 Å². The van der Waals surface area contributed by atoms with E-state index >= 15 is 0 Å². The number of nitrogens with one attached hydrogen (secondary N) is 4.